The molecule has 0 radical (unpaired) electrons. The number of aliphatic hydroxyl groups excluding tert-OH is 2. The monoisotopic (exact) mass is 958 g/mol. The molecule has 0 unspecified atom stereocenters. The number of nitrogens with zero attached hydrogens (tertiary/aromatic N) is 10. The number of carbonyl (C=O) groups is 2. The number of anilines is 2. The maximum atomic E-state index is 13.0. The van der Waals surface area contributed by atoms with Gasteiger partial charge in [-0.05, 0) is 81.9 Å². The molecule has 0 saturated carbocycles. The number of benzene rings is 2. The van der Waals surface area contributed by atoms with Crippen molar-refractivity contribution in [3.63, 3.8) is 0 Å². The molecule has 4 aliphatic heterocycles. The van der Waals surface area contributed by atoms with Crippen LogP contribution < -0.4 is 40.8 Å². The summed E-state index contributed by atoms with van der Waals surface area (Å²) in [7, 11) is 3.09. The molecule has 21 nitrogen and oxygen atoms in total. The Balaban J connectivity index is 0.000000174. The summed E-state index contributed by atoms with van der Waals surface area (Å²) < 4.78 is 32.4. The number of aliphatic hydroxyl groups is 2. The van der Waals surface area contributed by atoms with E-state index in [0.717, 1.165) is 48.6 Å². The fourth-order valence-corrected chi connectivity index (χ4v) is 8.83. The number of morpholine rings is 1. The van der Waals surface area contributed by atoms with Gasteiger partial charge in [0.05, 0.1) is 49.9 Å². The summed E-state index contributed by atoms with van der Waals surface area (Å²) in [6, 6.07) is 14.3. The second kappa shape index (κ2) is 21.7. The van der Waals surface area contributed by atoms with Gasteiger partial charge in [0.15, 0.2) is 23.0 Å². The molecule has 4 aromatic heterocycles. The maximum Gasteiger partial charge on any atom is 0.282 e. The molecule has 2 aromatic carbocycles. The summed E-state index contributed by atoms with van der Waals surface area (Å²) in [4.78, 5) is 56.7. The third-order valence-electron chi connectivity index (χ3n) is 12.5. The maximum absolute atomic E-state index is 13.0. The minimum atomic E-state index is -0.667. The summed E-state index contributed by atoms with van der Waals surface area (Å²) in [6.45, 7) is 12.5. The van der Waals surface area contributed by atoms with Crippen LogP contribution in [0.1, 0.15) is 38.5 Å². The fraction of sp³-hybridized carbons (Fsp3) is 0.429. The molecule has 4 N–H and O–H groups in total. The Hall–Kier alpha value is -7.04. The molecular formula is C49H58N12O9. The van der Waals surface area contributed by atoms with Gasteiger partial charge in [-0.3, -0.25) is 33.6 Å². The Bertz CT molecular complexity index is 3040. The van der Waals surface area contributed by atoms with Crippen LogP contribution in [0.2, 0.25) is 0 Å². The van der Waals surface area contributed by atoms with E-state index in [4.69, 9.17) is 33.7 Å². The van der Waals surface area contributed by atoms with E-state index >= 15 is 0 Å². The van der Waals surface area contributed by atoms with Crippen LogP contribution in [0.5, 0.6) is 23.0 Å². The molecule has 70 heavy (non-hydrogen) atoms. The number of likely N-dealkylation sites (tertiary alicyclic amines) is 1. The Morgan fingerprint density at radius 1 is 0.671 bits per heavy atom. The van der Waals surface area contributed by atoms with E-state index in [9.17, 15) is 19.8 Å². The van der Waals surface area contributed by atoms with Crippen molar-refractivity contribution in [1.29, 1.82) is 0 Å². The largest absolute Gasteiger partial charge is 0.491 e. The highest BCUT2D eigenvalue weighted by Crippen LogP contribution is 2.38. The Morgan fingerprint density at radius 3 is 1.54 bits per heavy atom. The van der Waals surface area contributed by atoms with Crippen molar-refractivity contribution in [3.8, 4) is 23.0 Å². The average molecular weight is 959 g/mol. The van der Waals surface area contributed by atoms with Crippen molar-refractivity contribution in [3.05, 3.63) is 94.7 Å². The van der Waals surface area contributed by atoms with Crippen molar-refractivity contribution < 1.29 is 43.5 Å². The third-order valence-corrected chi connectivity index (χ3v) is 12.5. The van der Waals surface area contributed by atoms with Crippen LogP contribution in [0.3, 0.4) is 0 Å². The van der Waals surface area contributed by atoms with Crippen LogP contribution in [0.4, 0.5) is 11.6 Å². The minimum Gasteiger partial charge on any atom is -0.491 e. The summed E-state index contributed by atoms with van der Waals surface area (Å²) in [5, 5.41) is 29.2. The van der Waals surface area contributed by atoms with Crippen molar-refractivity contribution in [2.24, 2.45) is 9.98 Å². The number of β-amino-alcohol motifs (C(OH)–C–C–N with tert-alkyl or cyclic N) is 2. The number of pyridine rings is 2. The van der Waals surface area contributed by atoms with Gasteiger partial charge in [0.25, 0.3) is 11.8 Å². The Morgan fingerprint density at radius 2 is 1.13 bits per heavy atom. The van der Waals surface area contributed by atoms with Crippen LogP contribution in [0.25, 0.3) is 21.8 Å². The zero-order chi connectivity index (χ0) is 48.7. The predicted octanol–water partition coefficient (Wildman–Crippen LogP) is 2.35. The third kappa shape index (κ3) is 10.4. The number of fused-ring (bicyclic) bond motifs is 6. The molecule has 0 bridgehead atoms. The molecule has 0 spiro atoms. The van der Waals surface area contributed by atoms with Gasteiger partial charge in [-0.15, -0.1) is 0 Å². The van der Waals surface area contributed by atoms with E-state index in [1.807, 2.05) is 33.4 Å². The smallest absolute Gasteiger partial charge is 0.282 e. The zero-order valence-corrected chi connectivity index (χ0v) is 39.8. The summed E-state index contributed by atoms with van der Waals surface area (Å²) in [5.74, 6) is 2.62. The first-order chi connectivity index (χ1) is 34.1. The first-order valence-electron chi connectivity index (χ1n) is 23.5. The topological polar surface area (TPSA) is 237 Å². The molecule has 0 aliphatic carbocycles. The number of methoxy groups -OCH3 is 2. The van der Waals surface area contributed by atoms with Crippen molar-refractivity contribution >= 4 is 45.3 Å². The number of hydrogen-bond donors (Lipinski definition) is 4. The van der Waals surface area contributed by atoms with Crippen LogP contribution in [0, 0.1) is 13.8 Å². The number of nitrogens with one attached hydrogen (secondary N) is 2. The van der Waals surface area contributed by atoms with Gasteiger partial charge in [0.2, 0.25) is 11.2 Å². The van der Waals surface area contributed by atoms with Gasteiger partial charge >= 0.3 is 0 Å². The normalized spacial score (nSPS) is 16.8. The van der Waals surface area contributed by atoms with Gasteiger partial charge in [-0.1, -0.05) is 0 Å². The predicted molar refractivity (Wildman–Crippen MR) is 259 cm³/mol. The zero-order valence-electron chi connectivity index (χ0n) is 39.8. The molecule has 6 aromatic rings. The molecule has 2 atom stereocenters. The minimum absolute atomic E-state index is 0.104. The molecule has 2 amide bonds. The van der Waals surface area contributed by atoms with Crippen molar-refractivity contribution in [2.75, 3.05) is 104 Å². The van der Waals surface area contributed by atoms with Gasteiger partial charge in [-0.25, -0.2) is 9.97 Å². The molecule has 2 fully saturated rings. The number of rotatable bonds is 14. The first kappa shape index (κ1) is 48.0. The van der Waals surface area contributed by atoms with Gasteiger partial charge in [-0.2, -0.15) is 9.98 Å². The lowest BCUT2D eigenvalue weighted by Crippen LogP contribution is -2.43. The highest BCUT2D eigenvalue weighted by atomic mass is 16.5. The van der Waals surface area contributed by atoms with E-state index in [2.05, 4.69) is 40.4 Å². The molecule has 368 valence electrons. The summed E-state index contributed by atoms with van der Waals surface area (Å²) in [6.07, 6.45) is 3.19. The van der Waals surface area contributed by atoms with E-state index in [1.165, 1.54) is 6.42 Å². The fourth-order valence-electron chi connectivity index (χ4n) is 8.83. The quantitative estimate of drug-likeness (QED) is 0.123. The lowest BCUT2D eigenvalue weighted by Gasteiger charge is -2.32. The van der Waals surface area contributed by atoms with Crippen LogP contribution in [-0.4, -0.2) is 166 Å². The number of aromatic nitrogens is 6. The van der Waals surface area contributed by atoms with E-state index < -0.39 is 24.0 Å². The standard InChI is InChI=1S/C25H30N6O5.C24H28N6O4/c1-16-18(4-3-7-26-16)24(33)29-25-28-21-19(23-27-8-9-31(23)25)5-6-20(22(21)34-2)36-15-17(32)14-30-10-12-35-13-11-30;1-15-17(5-3-8-25-15)23(32)28-24-27-20-18(22-26-9-12-30(22)24)6-7-19(21(20)33-2)34-14-16(31)13-29-10-4-11-29/h3-7,17,27,32H,8-15H2,1-2H3;3,5-8,16,26,31H,4,9-14H2,1-2H3/t17-;16-/m01/s1. The highest BCUT2D eigenvalue weighted by Gasteiger charge is 2.25. The number of carbonyl (C=O) groups excluding carboxylic acids is 2. The van der Waals surface area contributed by atoms with E-state index in [1.54, 1.807) is 64.7 Å². The number of amides is 2. The van der Waals surface area contributed by atoms with Crippen LogP contribution >= 0.6 is 0 Å². The molecule has 2 saturated heterocycles. The van der Waals surface area contributed by atoms with Crippen molar-refractivity contribution in [2.45, 2.75) is 45.6 Å². The van der Waals surface area contributed by atoms with Gasteiger partial charge in [0, 0.05) is 75.5 Å². The van der Waals surface area contributed by atoms with Gasteiger partial charge < -0.3 is 49.4 Å². The number of aryl methyl sites for hydroxylation is 2. The highest BCUT2D eigenvalue weighted by molar-refractivity contribution is 5.98. The summed E-state index contributed by atoms with van der Waals surface area (Å²) in [5.41, 5.74) is 3.70. The molecule has 4 aliphatic rings. The Kier molecular flexibility index (Phi) is 14.9. The first-order valence-corrected chi connectivity index (χ1v) is 23.5. The Labute approximate surface area is 403 Å². The lowest BCUT2D eigenvalue weighted by atomic mass is 10.2. The second-order valence-corrected chi connectivity index (χ2v) is 17.3. The van der Waals surface area contributed by atoms with E-state index in [0.29, 0.717) is 109 Å². The van der Waals surface area contributed by atoms with Crippen molar-refractivity contribution in [1.82, 2.24) is 38.9 Å². The number of hydrogen-bond acceptors (Lipinski definition) is 17. The lowest BCUT2D eigenvalue weighted by molar-refractivity contribution is 0.00446. The second-order valence-electron chi connectivity index (χ2n) is 17.3. The average Bonchev–Trinajstić information content (AvgIpc) is 4.07. The summed E-state index contributed by atoms with van der Waals surface area (Å²) >= 11 is 0. The SMILES string of the molecule is COc1c(OC[C@@H](O)CN2CCOCC2)ccc2c3n(c(=NC(=O)c4cccnc4C)nc12)CCN3.COc1c(OC[C@H](O)CN2CCC2)ccc2c3n(c(=NC(=O)c4cccnc4C)nc12)CCN3. The number of ether oxygens (including phenoxy) is 5. The van der Waals surface area contributed by atoms with Gasteiger partial charge in [0.1, 0.15) is 48.1 Å². The molecule has 21 heteroatoms. The van der Waals surface area contributed by atoms with Crippen LogP contribution in [-0.2, 0) is 17.8 Å². The molecular weight excluding hydrogens is 901 g/mol. The van der Waals surface area contributed by atoms with Crippen LogP contribution in [0.15, 0.2) is 70.9 Å². The molecule has 8 heterocycles. The van der Waals surface area contributed by atoms with E-state index in [-0.39, 0.29) is 24.5 Å². The molecule has 10 rings (SSSR count).